The molecule has 98 valence electrons. The minimum Gasteiger partial charge on any atom is -0.476 e. The summed E-state index contributed by atoms with van der Waals surface area (Å²) in [7, 11) is 0. The number of nitro benzene ring substituents is 1. The Morgan fingerprint density at radius 2 is 1.95 bits per heavy atom. The van der Waals surface area contributed by atoms with Gasteiger partial charge < -0.3 is 5.11 Å². The summed E-state index contributed by atoms with van der Waals surface area (Å²) in [5.74, 6) is -1.26. The lowest BCUT2D eigenvalue weighted by atomic mass is 10.3. The van der Waals surface area contributed by atoms with E-state index in [0.717, 1.165) is 23.0 Å². The van der Waals surface area contributed by atoms with Crippen LogP contribution in [0.5, 0.6) is 0 Å². The van der Waals surface area contributed by atoms with E-state index in [2.05, 4.69) is 10.3 Å². The smallest absolute Gasteiger partial charge is 0.358 e. The summed E-state index contributed by atoms with van der Waals surface area (Å²) in [6.07, 6.45) is 1.10. The lowest BCUT2D eigenvalue weighted by Gasteiger charge is -2.05. The monoisotopic (exact) mass is 302 g/mol. The Morgan fingerprint density at radius 1 is 1.37 bits per heavy atom. The second-order valence-electron chi connectivity index (χ2n) is 3.37. The van der Waals surface area contributed by atoms with E-state index in [1.54, 1.807) is 0 Å². The summed E-state index contributed by atoms with van der Waals surface area (Å²) in [4.78, 5) is 20.7. The Hall–Kier alpha value is -2.19. The van der Waals surface area contributed by atoms with E-state index in [1.165, 1.54) is 0 Å². The maximum Gasteiger partial charge on any atom is 0.358 e. The number of carbonyl (C=O) groups is 1. The highest BCUT2D eigenvalue weighted by molar-refractivity contribution is 6.38. The Balaban J connectivity index is 2.55. The van der Waals surface area contributed by atoms with Crippen LogP contribution in [0.3, 0.4) is 0 Å². The van der Waals surface area contributed by atoms with Crippen LogP contribution in [-0.2, 0) is 0 Å². The van der Waals surface area contributed by atoms with Crippen molar-refractivity contribution in [3.05, 3.63) is 44.2 Å². The van der Waals surface area contributed by atoms with Gasteiger partial charge in [0.05, 0.1) is 21.2 Å². The molecule has 0 fully saturated rings. The van der Waals surface area contributed by atoms with Crippen LogP contribution >= 0.6 is 23.2 Å². The summed E-state index contributed by atoms with van der Waals surface area (Å²) < 4.78 is 1.04. The number of hydrogen-bond acceptors (Lipinski definition) is 5. The van der Waals surface area contributed by atoms with Crippen molar-refractivity contribution in [2.75, 3.05) is 0 Å². The van der Waals surface area contributed by atoms with Crippen LogP contribution in [0, 0.1) is 10.1 Å². The van der Waals surface area contributed by atoms with E-state index in [1.807, 2.05) is 0 Å². The molecule has 0 unspecified atom stereocenters. The summed E-state index contributed by atoms with van der Waals surface area (Å²) in [6, 6.07) is 2.18. The number of nitrogens with zero attached hydrogens (tertiary/aromatic N) is 4. The molecule has 0 radical (unpaired) electrons. The summed E-state index contributed by atoms with van der Waals surface area (Å²) >= 11 is 11.8. The largest absolute Gasteiger partial charge is 0.476 e. The number of aromatic carboxylic acids is 1. The predicted molar refractivity (Wildman–Crippen MR) is 65.0 cm³/mol. The third kappa shape index (κ3) is 2.49. The van der Waals surface area contributed by atoms with Crippen LogP contribution in [-0.4, -0.2) is 31.0 Å². The minimum absolute atomic E-state index is 0.0407. The number of non-ortho nitro benzene ring substituents is 1. The highest BCUT2D eigenvalue weighted by Gasteiger charge is 2.18. The molecule has 0 aliphatic heterocycles. The second kappa shape index (κ2) is 4.82. The first kappa shape index (κ1) is 13.2. The normalized spacial score (nSPS) is 10.4. The highest BCUT2D eigenvalue weighted by atomic mass is 35.5. The van der Waals surface area contributed by atoms with Gasteiger partial charge in [-0.2, -0.15) is 0 Å². The van der Waals surface area contributed by atoms with E-state index < -0.39 is 10.9 Å². The number of benzene rings is 1. The first-order valence-electron chi connectivity index (χ1n) is 4.69. The molecule has 0 saturated heterocycles. The van der Waals surface area contributed by atoms with Crippen LogP contribution in [0.25, 0.3) is 5.69 Å². The number of rotatable bonds is 3. The fraction of sp³-hybridized carbons (Fsp3) is 0. The summed E-state index contributed by atoms with van der Waals surface area (Å²) in [5.41, 5.74) is -0.461. The standard InChI is InChI=1S/C9H4Cl2N4O4/c10-5-1-4(15(18)19)2-6(11)8(5)14-3-7(9(16)17)12-13-14/h1-3H,(H,16,17). The lowest BCUT2D eigenvalue weighted by Crippen LogP contribution is -1.99. The van der Waals surface area contributed by atoms with E-state index >= 15 is 0 Å². The first-order valence-corrected chi connectivity index (χ1v) is 5.45. The lowest BCUT2D eigenvalue weighted by molar-refractivity contribution is -0.384. The van der Waals surface area contributed by atoms with Crippen molar-refractivity contribution >= 4 is 34.9 Å². The molecule has 2 rings (SSSR count). The summed E-state index contributed by atoms with van der Waals surface area (Å²) in [6.45, 7) is 0. The van der Waals surface area contributed by atoms with Crippen LogP contribution in [0.1, 0.15) is 10.5 Å². The number of carboxylic acid groups (broad SMARTS) is 1. The van der Waals surface area contributed by atoms with Crippen molar-refractivity contribution in [1.29, 1.82) is 0 Å². The molecule has 2 aromatic rings. The van der Waals surface area contributed by atoms with E-state index in [-0.39, 0.29) is 27.1 Å². The molecular weight excluding hydrogens is 299 g/mol. The third-order valence-corrected chi connectivity index (χ3v) is 2.73. The van der Waals surface area contributed by atoms with Gasteiger partial charge in [-0.05, 0) is 0 Å². The molecule has 0 saturated carbocycles. The molecule has 0 spiro atoms. The first-order chi connectivity index (χ1) is 8.90. The van der Waals surface area contributed by atoms with Gasteiger partial charge in [-0.25, -0.2) is 9.48 Å². The van der Waals surface area contributed by atoms with Gasteiger partial charge in [-0.1, -0.05) is 28.4 Å². The number of nitro groups is 1. The van der Waals surface area contributed by atoms with E-state index in [0.29, 0.717) is 0 Å². The molecule has 0 bridgehead atoms. The zero-order valence-electron chi connectivity index (χ0n) is 8.95. The molecular formula is C9H4Cl2N4O4. The molecule has 0 aliphatic rings. The van der Waals surface area contributed by atoms with E-state index in [4.69, 9.17) is 28.3 Å². The van der Waals surface area contributed by atoms with Crippen molar-refractivity contribution < 1.29 is 14.8 Å². The Labute approximate surface area is 115 Å². The summed E-state index contributed by atoms with van der Waals surface area (Å²) in [5, 5.41) is 26.2. The third-order valence-electron chi connectivity index (χ3n) is 2.15. The topological polar surface area (TPSA) is 111 Å². The van der Waals surface area contributed by atoms with Gasteiger partial charge >= 0.3 is 5.97 Å². The molecule has 19 heavy (non-hydrogen) atoms. The zero-order chi connectivity index (χ0) is 14.2. The molecule has 10 heteroatoms. The number of aromatic nitrogens is 3. The van der Waals surface area contributed by atoms with Crippen molar-refractivity contribution in [2.24, 2.45) is 0 Å². The molecule has 0 amide bonds. The molecule has 1 aromatic heterocycles. The molecule has 1 aromatic carbocycles. The fourth-order valence-corrected chi connectivity index (χ4v) is 2.00. The predicted octanol–water partition coefficient (Wildman–Crippen LogP) is 2.18. The molecule has 1 N–H and O–H groups in total. The van der Waals surface area contributed by atoms with Gasteiger partial charge in [-0.3, -0.25) is 10.1 Å². The van der Waals surface area contributed by atoms with Crippen molar-refractivity contribution in [3.63, 3.8) is 0 Å². The van der Waals surface area contributed by atoms with Crippen molar-refractivity contribution in [2.45, 2.75) is 0 Å². The maximum atomic E-state index is 10.7. The van der Waals surface area contributed by atoms with Crippen LogP contribution < -0.4 is 0 Å². The van der Waals surface area contributed by atoms with Gasteiger partial charge in [0.15, 0.2) is 5.69 Å². The minimum atomic E-state index is -1.26. The molecule has 8 nitrogen and oxygen atoms in total. The average Bonchev–Trinajstić information content (AvgIpc) is 2.77. The molecule has 1 heterocycles. The maximum absolute atomic E-state index is 10.7. The van der Waals surface area contributed by atoms with Gasteiger partial charge in [0.2, 0.25) is 0 Å². The van der Waals surface area contributed by atoms with Crippen molar-refractivity contribution in [1.82, 2.24) is 15.0 Å². The quantitative estimate of drug-likeness (QED) is 0.687. The zero-order valence-corrected chi connectivity index (χ0v) is 10.5. The fourth-order valence-electron chi connectivity index (χ4n) is 1.35. The molecule has 0 aliphatic carbocycles. The van der Waals surface area contributed by atoms with Crippen LogP contribution in [0.15, 0.2) is 18.3 Å². The SMILES string of the molecule is O=C(O)c1cn(-c2c(Cl)cc([N+](=O)[O-])cc2Cl)nn1. The highest BCUT2D eigenvalue weighted by Crippen LogP contribution is 2.32. The van der Waals surface area contributed by atoms with Crippen LogP contribution in [0.4, 0.5) is 5.69 Å². The Bertz CT molecular complexity index is 662. The van der Waals surface area contributed by atoms with Crippen molar-refractivity contribution in [3.8, 4) is 5.69 Å². The van der Waals surface area contributed by atoms with Crippen LogP contribution in [0.2, 0.25) is 10.0 Å². The number of halogens is 2. The van der Waals surface area contributed by atoms with Gasteiger partial charge in [0, 0.05) is 12.1 Å². The van der Waals surface area contributed by atoms with Gasteiger partial charge in [-0.15, -0.1) is 5.10 Å². The Kier molecular flexibility index (Phi) is 3.36. The average molecular weight is 303 g/mol. The van der Waals surface area contributed by atoms with E-state index in [9.17, 15) is 14.9 Å². The molecule has 0 atom stereocenters. The second-order valence-corrected chi connectivity index (χ2v) is 4.18. The number of carboxylic acids is 1. The number of hydrogen-bond donors (Lipinski definition) is 1. The van der Waals surface area contributed by atoms with Gasteiger partial charge in [0.25, 0.3) is 5.69 Å². The Morgan fingerprint density at radius 3 is 2.37 bits per heavy atom. The van der Waals surface area contributed by atoms with Gasteiger partial charge in [0.1, 0.15) is 5.69 Å².